The minimum atomic E-state index is 0.476. The quantitative estimate of drug-likeness (QED) is 0.595. The lowest BCUT2D eigenvalue weighted by Crippen LogP contribution is -2.37. The van der Waals surface area contributed by atoms with Gasteiger partial charge in [-0.15, -0.1) is 0 Å². The molecule has 0 radical (unpaired) electrons. The van der Waals surface area contributed by atoms with Gasteiger partial charge in [0.05, 0.1) is 0 Å². The maximum Gasteiger partial charge on any atom is 0.145 e. The van der Waals surface area contributed by atoms with E-state index in [1.165, 1.54) is 0 Å². The molecular weight excluding hydrogens is 218 g/mol. The summed E-state index contributed by atoms with van der Waals surface area (Å²) in [6.07, 6.45) is 2.07. The average molecular weight is 237 g/mol. The maximum absolute atomic E-state index is 5.39. The predicted octanol–water partition coefficient (Wildman–Crippen LogP) is 0.686. The van der Waals surface area contributed by atoms with E-state index < -0.39 is 0 Å². The topological polar surface area (TPSA) is 76.3 Å². The largest absolute Gasteiger partial charge is 0.381 e. The van der Waals surface area contributed by atoms with Crippen LogP contribution in [0.2, 0.25) is 0 Å². The van der Waals surface area contributed by atoms with E-state index in [-0.39, 0.29) is 0 Å². The fraction of sp³-hybridized carbons (Fsp3) is 0.636. The first-order chi connectivity index (χ1) is 8.20. The molecule has 6 heteroatoms. The van der Waals surface area contributed by atoms with Crippen LogP contribution in [-0.2, 0) is 4.74 Å². The Hall–Kier alpha value is -1.40. The zero-order valence-corrected chi connectivity index (χ0v) is 10.3. The number of ether oxygens (including phenoxy) is 1. The van der Waals surface area contributed by atoms with Crippen molar-refractivity contribution in [2.24, 2.45) is 5.84 Å². The lowest BCUT2D eigenvalue weighted by molar-refractivity contribution is 0.0853. The summed E-state index contributed by atoms with van der Waals surface area (Å²) < 4.78 is 5.36. The standard InChI is InChI=1S/C11H19N5O/c1-8-13-10(15-12)7-11(14-8)16(2)9-3-5-17-6-4-9/h7,9H,3-6,12H2,1-2H3,(H,13,14,15). The van der Waals surface area contributed by atoms with Crippen molar-refractivity contribution in [2.75, 3.05) is 30.6 Å². The van der Waals surface area contributed by atoms with Gasteiger partial charge < -0.3 is 15.1 Å². The molecule has 0 amide bonds. The first-order valence-electron chi connectivity index (χ1n) is 5.83. The highest BCUT2D eigenvalue weighted by molar-refractivity contribution is 5.49. The average Bonchev–Trinajstić information content (AvgIpc) is 2.38. The van der Waals surface area contributed by atoms with E-state index in [0.717, 1.165) is 31.9 Å². The number of nitrogen functional groups attached to an aromatic ring is 1. The molecule has 94 valence electrons. The molecule has 3 N–H and O–H groups in total. The Morgan fingerprint density at radius 1 is 1.41 bits per heavy atom. The van der Waals surface area contributed by atoms with Crippen LogP contribution in [0, 0.1) is 6.92 Å². The summed E-state index contributed by atoms with van der Waals surface area (Å²) in [4.78, 5) is 10.8. The molecular formula is C11H19N5O. The van der Waals surface area contributed by atoms with Crippen LogP contribution in [-0.4, -0.2) is 36.3 Å². The van der Waals surface area contributed by atoms with Crippen molar-refractivity contribution in [3.05, 3.63) is 11.9 Å². The van der Waals surface area contributed by atoms with Crippen LogP contribution in [0.25, 0.3) is 0 Å². The van der Waals surface area contributed by atoms with Gasteiger partial charge in [0.2, 0.25) is 0 Å². The number of hydrogen-bond donors (Lipinski definition) is 2. The van der Waals surface area contributed by atoms with Gasteiger partial charge in [0.25, 0.3) is 0 Å². The second-order valence-corrected chi connectivity index (χ2v) is 4.26. The van der Waals surface area contributed by atoms with E-state index in [9.17, 15) is 0 Å². The van der Waals surface area contributed by atoms with E-state index in [4.69, 9.17) is 10.6 Å². The Balaban J connectivity index is 2.17. The molecule has 1 aromatic rings. The molecule has 1 aromatic heterocycles. The molecule has 1 fully saturated rings. The van der Waals surface area contributed by atoms with Crippen LogP contribution >= 0.6 is 0 Å². The van der Waals surface area contributed by atoms with Crippen LogP contribution in [0.1, 0.15) is 18.7 Å². The van der Waals surface area contributed by atoms with Gasteiger partial charge in [-0.2, -0.15) is 0 Å². The van der Waals surface area contributed by atoms with E-state index in [1.807, 2.05) is 13.0 Å². The van der Waals surface area contributed by atoms with E-state index in [1.54, 1.807) is 0 Å². The predicted molar refractivity (Wildman–Crippen MR) is 66.8 cm³/mol. The molecule has 17 heavy (non-hydrogen) atoms. The summed E-state index contributed by atoms with van der Waals surface area (Å²) >= 11 is 0. The van der Waals surface area contributed by atoms with Gasteiger partial charge in [0, 0.05) is 32.4 Å². The lowest BCUT2D eigenvalue weighted by Gasteiger charge is -2.32. The summed E-state index contributed by atoms with van der Waals surface area (Å²) in [5.41, 5.74) is 2.56. The third-order valence-corrected chi connectivity index (χ3v) is 3.07. The van der Waals surface area contributed by atoms with Crippen LogP contribution in [0.4, 0.5) is 11.6 Å². The summed E-state index contributed by atoms with van der Waals surface area (Å²) in [6, 6.07) is 2.34. The molecule has 0 saturated carbocycles. The second-order valence-electron chi connectivity index (χ2n) is 4.26. The van der Waals surface area contributed by atoms with Crippen molar-refractivity contribution in [2.45, 2.75) is 25.8 Å². The Morgan fingerprint density at radius 2 is 2.12 bits per heavy atom. The van der Waals surface area contributed by atoms with Gasteiger partial charge in [-0.25, -0.2) is 15.8 Å². The first kappa shape index (κ1) is 12.1. The summed E-state index contributed by atoms with van der Waals surface area (Å²) in [7, 11) is 2.05. The van der Waals surface area contributed by atoms with Gasteiger partial charge in [-0.05, 0) is 19.8 Å². The fourth-order valence-corrected chi connectivity index (χ4v) is 2.07. The van der Waals surface area contributed by atoms with E-state index >= 15 is 0 Å². The van der Waals surface area contributed by atoms with Crippen molar-refractivity contribution >= 4 is 11.6 Å². The third kappa shape index (κ3) is 2.83. The molecule has 0 atom stereocenters. The molecule has 2 rings (SSSR count). The highest BCUT2D eigenvalue weighted by Gasteiger charge is 2.20. The highest BCUT2D eigenvalue weighted by atomic mass is 16.5. The van der Waals surface area contributed by atoms with Gasteiger partial charge in [0.15, 0.2) is 0 Å². The third-order valence-electron chi connectivity index (χ3n) is 3.07. The van der Waals surface area contributed by atoms with Crippen molar-refractivity contribution in [1.29, 1.82) is 0 Å². The molecule has 0 aromatic carbocycles. The van der Waals surface area contributed by atoms with Crippen LogP contribution in [0.5, 0.6) is 0 Å². The summed E-state index contributed by atoms with van der Waals surface area (Å²) in [5.74, 6) is 7.65. The minimum absolute atomic E-state index is 0.476. The highest BCUT2D eigenvalue weighted by Crippen LogP contribution is 2.21. The number of nitrogens with two attached hydrogens (primary N) is 1. The zero-order chi connectivity index (χ0) is 12.3. The number of nitrogens with one attached hydrogen (secondary N) is 1. The first-order valence-corrected chi connectivity index (χ1v) is 5.83. The number of hydrogen-bond acceptors (Lipinski definition) is 6. The normalized spacial score (nSPS) is 16.9. The molecule has 0 unspecified atom stereocenters. The van der Waals surface area contributed by atoms with Crippen molar-refractivity contribution < 1.29 is 4.74 Å². The second kappa shape index (κ2) is 5.29. The Labute approximate surface area is 101 Å². The fourth-order valence-electron chi connectivity index (χ4n) is 2.07. The number of aryl methyl sites for hydroxylation is 1. The lowest BCUT2D eigenvalue weighted by atomic mass is 10.1. The molecule has 2 heterocycles. The van der Waals surface area contributed by atoms with Crippen LogP contribution in [0.15, 0.2) is 6.07 Å². The smallest absolute Gasteiger partial charge is 0.145 e. The van der Waals surface area contributed by atoms with Crippen molar-refractivity contribution in [1.82, 2.24) is 9.97 Å². The molecule has 0 aliphatic carbocycles. The summed E-state index contributed by atoms with van der Waals surface area (Å²) in [5, 5.41) is 0. The minimum Gasteiger partial charge on any atom is -0.381 e. The van der Waals surface area contributed by atoms with Gasteiger partial charge in [-0.1, -0.05) is 0 Å². The van der Waals surface area contributed by atoms with Crippen molar-refractivity contribution in [3.63, 3.8) is 0 Å². The number of anilines is 2. The Kier molecular flexibility index (Phi) is 3.75. The van der Waals surface area contributed by atoms with Gasteiger partial charge >= 0.3 is 0 Å². The SMILES string of the molecule is Cc1nc(NN)cc(N(C)C2CCOCC2)n1. The number of rotatable bonds is 3. The molecule has 0 spiro atoms. The molecule has 1 aliphatic heterocycles. The number of hydrazine groups is 1. The molecule has 6 nitrogen and oxygen atoms in total. The van der Waals surface area contributed by atoms with Crippen LogP contribution < -0.4 is 16.2 Å². The van der Waals surface area contributed by atoms with E-state index in [0.29, 0.717) is 17.7 Å². The van der Waals surface area contributed by atoms with Crippen molar-refractivity contribution in [3.8, 4) is 0 Å². The molecule has 0 bridgehead atoms. The summed E-state index contributed by atoms with van der Waals surface area (Å²) in [6.45, 7) is 3.50. The Morgan fingerprint density at radius 3 is 2.76 bits per heavy atom. The maximum atomic E-state index is 5.39. The van der Waals surface area contributed by atoms with Gasteiger partial charge in [0.1, 0.15) is 17.5 Å². The Bertz CT molecular complexity index is 378. The molecule has 1 saturated heterocycles. The van der Waals surface area contributed by atoms with Gasteiger partial charge in [-0.3, -0.25) is 0 Å². The number of aromatic nitrogens is 2. The van der Waals surface area contributed by atoms with Crippen LogP contribution in [0.3, 0.4) is 0 Å². The monoisotopic (exact) mass is 237 g/mol. The van der Waals surface area contributed by atoms with E-state index in [2.05, 4.69) is 27.3 Å². The number of nitrogens with zero attached hydrogens (tertiary/aromatic N) is 3. The zero-order valence-electron chi connectivity index (χ0n) is 10.3. The molecule has 1 aliphatic rings.